The number of fused-ring (bicyclic) bond motifs is 1. The van der Waals surface area contributed by atoms with Gasteiger partial charge in [0.25, 0.3) is 5.91 Å². The van der Waals surface area contributed by atoms with Crippen LogP contribution in [0, 0.1) is 23.1 Å². The predicted octanol–water partition coefficient (Wildman–Crippen LogP) is 4.86. The van der Waals surface area contributed by atoms with Gasteiger partial charge in [-0.25, -0.2) is 4.39 Å². The quantitative estimate of drug-likeness (QED) is 0.314. The van der Waals surface area contributed by atoms with E-state index >= 15 is 0 Å². The van der Waals surface area contributed by atoms with Gasteiger partial charge in [-0.3, -0.25) is 14.6 Å². The number of nitrogens with two attached hydrogens (primary N) is 1. The van der Waals surface area contributed by atoms with Crippen LogP contribution in [-0.4, -0.2) is 43.2 Å². The van der Waals surface area contributed by atoms with E-state index in [-0.39, 0.29) is 35.1 Å². The summed E-state index contributed by atoms with van der Waals surface area (Å²) in [6, 6.07) is 11.6. The van der Waals surface area contributed by atoms with Gasteiger partial charge < -0.3 is 25.8 Å². The summed E-state index contributed by atoms with van der Waals surface area (Å²) >= 11 is 0. The van der Waals surface area contributed by atoms with E-state index in [1.54, 1.807) is 25.3 Å². The lowest BCUT2D eigenvalue weighted by Crippen LogP contribution is -2.50. The summed E-state index contributed by atoms with van der Waals surface area (Å²) in [7, 11) is 1.41. The zero-order valence-corrected chi connectivity index (χ0v) is 23.9. The first-order valence-corrected chi connectivity index (χ1v) is 14.1. The van der Waals surface area contributed by atoms with E-state index in [2.05, 4.69) is 15.6 Å². The fourth-order valence-corrected chi connectivity index (χ4v) is 6.33. The normalized spacial score (nSPS) is 23.7. The van der Waals surface area contributed by atoms with E-state index in [9.17, 15) is 27.2 Å². The summed E-state index contributed by atoms with van der Waals surface area (Å²) in [4.78, 5) is 30.4. The topological polar surface area (TPSA) is 116 Å². The number of dihydropyridines is 1. The smallest absolute Gasteiger partial charge is 0.398 e. The lowest BCUT2D eigenvalue weighted by atomic mass is 9.71. The molecule has 1 saturated carbocycles. The molecule has 4 N–H and O–H groups in total. The number of pyridine rings is 1. The largest absolute Gasteiger partial charge is 0.494 e. The number of hydrogen-bond acceptors (Lipinski definition) is 6. The zero-order chi connectivity index (χ0) is 31.4. The maximum Gasteiger partial charge on any atom is 0.398 e. The fourth-order valence-electron chi connectivity index (χ4n) is 6.33. The van der Waals surface area contributed by atoms with Gasteiger partial charge >= 0.3 is 6.18 Å². The Morgan fingerprint density at radius 3 is 2.57 bits per heavy atom. The van der Waals surface area contributed by atoms with E-state index in [4.69, 9.17) is 15.2 Å². The number of methoxy groups -OCH3 is 1. The van der Waals surface area contributed by atoms with Crippen molar-refractivity contribution in [3.63, 3.8) is 0 Å². The number of halogens is 4. The summed E-state index contributed by atoms with van der Waals surface area (Å²) < 4.78 is 69.7. The van der Waals surface area contributed by atoms with Gasteiger partial charge in [0.05, 0.1) is 7.11 Å². The molecule has 3 heterocycles. The van der Waals surface area contributed by atoms with Crippen molar-refractivity contribution in [3.8, 4) is 5.75 Å². The number of allylic oxidation sites excluding steroid dienone is 1. The first kappa shape index (κ1) is 29.5. The van der Waals surface area contributed by atoms with Crippen LogP contribution in [0.1, 0.15) is 35.7 Å². The first-order chi connectivity index (χ1) is 20.9. The Bertz CT molecular complexity index is 1720. The van der Waals surface area contributed by atoms with Gasteiger partial charge in [-0.2, -0.15) is 13.2 Å². The average molecular weight is 611 g/mol. The molecule has 1 unspecified atom stereocenters. The molecule has 0 saturated heterocycles. The fraction of sp³-hybridized carbons (Fsp3) is 0.344. The monoisotopic (exact) mass is 610 g/mol. The molecule has 8 nitrogen and oxygen atoms in total. The lowest BCUT2D eigenvalue weighted by Gasteiger charge is -2.40. The molecule has 2 amide bonds. The van der Waals surface area contributed by atoms with Gasteiger partial charge in [-0.05, 0) is 67.7 Å². The molecule has 0 radical (unpaired) electrons. The van der Waals surface area contributed by atoms with E-state index in [0.717, 1.165) is 0 Å². The van der Waals surface area contributed by atoms with Crippen LogP contribution < -0.4 is 21.1 Å². The molecule has 2 aliphatic heterocycles. The number of hydrogen-bond donors (Lipinski definition) is 3. The molecule has 0 spiro atoms. The van der Waals surface area contributed by atoms with Crippen LogP contribution in [0.25, 0.3) is 10.9 Å². The zero-order valence-electron chi connectivity index (χ0n) is 23.9. The Morgan fingerprint density at radius 2 is 1.93 bits per heavy atom. The summed E-state index contributed by atoms with van der Waals surface area (Å²) in [5.41, 5.74) is 4.24. The molecule has 1 aliphatic carbocycles. The van der Waals surface area contributed by atoms with Crippen molar-refractivity contribution in [2.45, 2.75) is 31.5 Å². The molecule has 230 valence electrons. The number of nitrogens with one attached hydrogen (secondary N) is 2. The van der Waals surface area contributed by atoms with E-state index < -0.39 is 47.2 Å². The highest BCUT2D eigenvalue weighted by atomic mass is 19.4. The lowest BCUT2D eigenvalue weighted by molar-refractivity contribution is -0.164. The summed E-state index contributed by atoms with van der Waals surface area (Å²) in [6.07, 6.45) is -0.596. The number of benzene rings is 2. The minimum atomic E-state index is -4.81. The third-order valence-electron chi connectivity index (χ3n) is 8.84. The summed E-state index contributed by atoms with van der Waals surface area (Å²) in [5.74, 6) is -3.75. The number of carbonyl (C=O) groups excluding carboxylic acids is 2. The average Bonchev–Trinajstić information content (AvgIpc) is 3.76. The molecule has 0 bridgehead atoms. The van der Waals surface area contributed by atoms with Crippen LogP contribution in [-0.2, 0) is 15.1 Å². The minimum absolute atomic E-state index is 0.0978. The summed E-state index contributed by atoms with van der Waals surface area (Å²) in [6.45, 7) is 0.699. The highest BCUT2D eigenvalue weighted by molar-refractivity contribution is 5.99. The number of rotatable bonds is 8. The molecule has 12 heteroatoms. The van der Waals surface area contributed by atoms with Crippen LogP contribution in [0.3, 0.4) is 0 Å². The molecule has 3 aromatic rings. The number of aromatic nitrogens is 1. The molecular formula is C32H30F4N4O4. The van der Waals surface area contributed by atoms with Gasteiger partial charge in [-0.1, -0.05) is 18.2 Å². The molecule has 6 rings (SSSR count). The van der Waals surface area contributed by atoms with Crippen molar-refractivity contribution in [3.05, 3.63) is 94.8 Å². The number of ether oxygens (including phenoxy) is 2. The van der Waals surface area contributed by atoms with Crippen LogP contribution in [0.15, 0.2) is 77.8 Å². The Kier molecular flexibility index (Phi) is 7.05. The molecule has 1 fully saturated rings. The first-order valence-electron chi connectivity index (χ1n) is 14.1. The van der Waals surface area contributed by atoms with Gasteiger partial charge in [0.1, 0.15) is 46.3 Å². The Balaban J connectivity index is 1.39. The van der Waals surface area contributed by atoms with Crippen LogP contribution in [0.2, 0.25) is 0 Å². The number of primary amides is 1. The van der Waals surface area contributed by atoms with Gasteiger partial charge in [0.15, 0.2) is 0 Å². The van der Waals surface area contributed by atoms with Crippen molar-refractivity contribution in [1.82, 2.24) is 15.6 Å². The van der Waals surface area contributed by atoms with Gasteiger partial charge in [0, 0.05) is 35.0 Å². The van der Waals surface area contributed by atoms with Gasteiger partial charge in [0.2, 0.25) is 5.91 Å². The molecule has 44 heavy (non-hydrogen) atoms. The molecule has 1 aromatic heterocycles. The SMILES string of the molecule is COc1cc(C(=O)NC[C@H](C2=CC3=C(OC[C@]3(C(N)=O)C3CC3)C(C)(c3ccc(F)cc3)N2)C(F)(F)F)cc2cccnc12. The second-order valence-electron chi connectivity index (χ2n) is 11.6. The minimum Gasteiger partial charge on any atom is -0.494 e. The maximum absolute atomic E-state index is 14.8. The number of amides is 2. The van der Waals surface area contributed by atoms with Crippen molar-refractivity contribution in [2.75, 3.05) is 20.3 Å². The number of alkyl halides is 3. The van der Waals surface area contributed by atoms with E-state index in [1.165, 1.54) is 49.6 Å². The van der Waals surface area contributed by atoms with Gasteiger partial charge in [-0.15, -0.1) is 0 Å². The molecule has 3 aliphatic rings. The second kappa shape index (κ2) is 10.5. The predicted molar refractivity (Wildman–Crippen MR) is 152 cm³/mol. The van der Waals surface area contributed by atoms with Crippen molar-refractivity contribution in [1.29, 1.82) is 0 Å². The standard InChI is InChI=1S/C32H30F4N4O4/c1-30(19-7-9-21(33)10-8-19)27-22(31(16-44-27,29(37)42)20-5-6-20)14-24(40-30)23(32(34,35)36)15-39-28(41)18-12-17-4-3-11-38-26(17)25(13-18)43-2/h3-4,7-14,20,23,40H,5-6,15-16H2,1-2H3,(H2,37,42)(H,39,41)/t23-,30?,31+/m1/s1. The summed E-state index contributed by atoms with van der Waals surface area (Å²) in [5, 5.41) is 6.00. The Morgan fingerprint density at radius 1 is 1.20 bits per heavy atom. The Labute approximate surface area is 250 Å². The van der Waals surface area contributed by atoms with Crippen LogP contribution in [0.4, 0.5) is 17.6 Å². The van der Waals surface area contributed by atoms with E-state index in [0.29, 0.717) is 35.1 Å². The van der Waals surface area contributed by atoms with E-state index in [1.807, 2.05) is 0 Å². The van der Waals surface area contributed by atoms with Crippen LogP contribution >= 0.6 is 0 Å². The Hall–Kier alpha value is -4.61. The molecule has 2 aromatic carbocycles. The van der Waals surface area contributed by atoms with Crippen LogP contribution in [0.5, 0.6) is 5.75 Å². The molecule has 3 atom stereocenters. The number of nitrogens with zero attached hydrogens (tertiary/aromatic N) is 1. The second-order valence-corrected chi connectivity index (χ2v) is 11.6. The molecular weight excluding hydrogens is 580 g/mol. The third kappa shape index (κ3) is 4.82. The highest BCUT2D eigenvalue weighted by Crippen LogP contribution is 2.58. The number of carbonyl (C=O) groups is 2. The highest BCUT2D eigenvalue weighted by Gasteiger charge is 2.61. The van der Waals surface area contributed by atoms with Crippen molar-refractivity contribution >= 4 is 22.7 Å². The maximum atomic E-state index is 14.8. The third-order valence-corrected chi connectivity index (χ3v) is 8.84. The van der Waals surface area contributed by atoms with Crippen molar-refractivity contribution in [2.24, 2.45) is 23.0 Å². The van der Waals surface area contributed by atoms with Crippen molar-refractivity contribution < 1.29 is 36.6 Å².